The second kappa shape index (κ2) is 8.29. The van der Waals surface area contributed by atoms with Crippen molar-refractivity contribution in [2.24, 2.45) is 0 Å². The Hall–Kier alpha value is -0.840. The molecule has 0 saturated heterocycles. The molecule has 0 N–H and O–H groups in total. The van der Waals surface area contributed by atoms with Gasteiger partial charge in [-0.3, -0.25) is 0 Å². The molecule has 104 valence electrons. The topological polar surface area (TPSA) is 34.8 Å². The number of furan rings is 1. The molecular weight excluding hydrogens is 230 g/mol. The average molecular weight is 255 g/mol. The third-order valence-electron chi connectivity index (χ3n) is 2.86. The van der Waals surface area contributed by atoms with Gasteiger partial charge in [0.05, 0.1) is 6.26 Å². The van der Waals surface area contributed by atoms with E-state index in [0.717, 1.165) is 25.3 Å². The Labute approximate surface area is 110 Å². The third-order valence-corrected chi connectivity index (χ3v) is 2.86. The van der Waals surface area contributed by atoms with Crippen LogP contribution in [-0.4, -0.2) is 38.0 Å². The molecule has 1 aromatic rings. The Kier molecular flexibility index (Phi) is 7.01. The highest BCUT2D eigenvalue weighted by Gasteiger charge is 2.11. The minimum Gasteiger partial charge on any atom is -0.469 e. The van der Waals surface area contributed by atoms with Crippen molar-refractivity contribution in [2.45, 2.75) is 40.0 Å². The molecule has 1 heterocycles. The normalized spacial score (nSPS) is 11.7. The molecule has 0 aliphatic heterocycles. The van der Waals surface area contributed by atoms with Gasteiger partial charge >= 0.3 is 0 Å². The predicted molar refractivity (Wildman–Crippen MR) is 71.4 cm³/mol. The molecule has 0 aliphatic carbocycles. The Balaban J connectivity index is 2.31. The number of aryl methyl sites for hydroxylation is 1. The smallest absolute Gasteiger partial charge is 0.158 e. The maximum absolute atomic E-state index is 5.52. The van der Waals surface area contributed by atoms with Gasteiger partial charge in [-0.15, -0.1) is 0 Å². The summed E-state index contributed by atoms with van der Waals surface area (Å²) in [4.78, 5) is 2.25. The van der Waals surface area contributed by atoms with E-state index in [9.17, 15) is 0 Å². The first-order chi connectivity index (χ1) is 8.67. The molecule has 4 heteroatoms. The number of hydrogen-bond donors (Lipinski definition) is 0. The molecule has 1 rings (SSSR count). The van der Waals surface area contributed by atoms with E-state index in [1.807, 2.05) is 26.8 Å². The van der Waals surface area contributed by atoms with Crippen LogP contribution in [0.25, 0.3) is 0 Å². The zero-order valence-corrected chi connectivity index (χ0v) is 11.9. The fraction of sp³-hybridized carbons (Fsp3) is 0.714. The number of nitrogens with zero attached hydrogens (tertiary/aromatic N) is 1. The lowest BCUT2D eigenvalue weighted by Crippen LogP contribution is -2.26. The lowest BCUT2D eigenvalue weighted by Gasteiger charge is -2.21. The van der Waals surface area contributed by atoms with Gasteiger partial charge in [0.15, 0.2) is 6.29 Å². The van der Waals surface area contributed by atoms with Crippen molar-refractivity contribution < 1.29 is 13.9 Å². The summed E-state index contributed by atoms with van der Waals surface area (Å²) < 4.78 is 16.3. The van der Waals surface area contributed by atoms with Crippen molar-refractivity contribution in [1.29, 1.82) is 0 Å². The zero-order valence-electron chi connectivity index (χ0n) is 11.9. The van der Waals surface area contributed by atoms with Crippen LogP contribution in [0.3, 0.4) is 0 Å². The molecule has 0 bridgehead atoms. The van der Waals surface area contributed by atoms with Crippen molar-refractivity contribution in [3.8, 4) is 0 Å². The molecule has 0 spiro atoms. The standard InChI is InChI=1S/C14H25NO3/c1-5-16-14(17-6-2)7-9-15(4)11-13-8-10-18-12(13)3/h8,10,14H,5-7,9,11H2,1-4H3. The summed E-state index contributed by atoms with van der Waals surface area (Å²) in [6, 6.07) is 2.02. The van der Waals surface area contributed by atoms with Crippen LogP contribution in [0.5, 0.6) is 0 Å². The summed E-state index contributed by atoms with van der Waals surface area (Å²) in [5, 5.41) is 0. The first-order valence-electron chi connectivity index (χ1n) is 6.62. The maximum Gasteiger partial charge on any atom is 0.158 e. The highest BCUT2D eigenvalue weighted by atomic mass is 16.7. The van der Waals surface area contributed by atoms with Crippen LogP contribution in [0.2, 0.25) is 0 Å². The molecule has 4 nitrogen and oxygen atoms in total. The SMILES string of the molecule is CCOC(CCN(C)Cc1ccoc1C)OCC. The summed E-state index contributed by atoms with van der Waals surface area (Å²) in [7, 11) is 2.10. The van der Waals surface area contributed by atoms with Crippen molar-refractivity contribution in [2.75, 3.05) is 26.8 Å². The van der Waals surface area contributed by atoms with Crippen LogP contribution in [0.4, 0.5) is 0 Å². The van der Waals surface area contributed by atoms with Crippen LogP contribution in [0.1, 0.15) is 31.6 Å². The molecule has 18 heavy (non-hydrogen) atoms. The van der Waals surface area contributed by atoms with E-state index < -0.39 is 0 Å². The molecule has 1 aromatic heterocycles. The van der Waals surface area contributed by atoms with E-state index in [4.69, 9.17) is 13.9 Å². The van der Waals surface area contributed by atoms with Gasteiger partial charge in [0.2, 0.25) is 0 Å². The van der Waals surface area contributed by atoms with Crippen LogP contribution in [-0.2, 0) is 16.0 Å². The summed E-state index contributed by atoms with van der Waals surface area (Å²) in [5.41, 5.74) is 1.24. The van der Waals surface area contributed by atoms with E-state index in [0.29, 0.717) is 13.2 Å². The minimum atomic E-state index is -0.0899. The second-order valence-electron chi connectivity index (χ2n) is 4.37. The first-order valence-corrected chi connectivity index (χ1v) is 6.62. The highest BCUT2D eigenvalue weighted by molar-refractivity contribution is 5.14. The lowest BCUT2D eigenvalue weighted by atomic mass is 10.2. The number of rotatable bonds is 9. The van der Waals surface area contributed by atoms with E-state index >= 15 is 0 Å². The largest absolute Gasteiger partial charge is 0.469 e. The summed E-state index contributed by atoms with van der Waals surface area (Å²) in [6.45, 7) is 9.19. The summed E-state index contributed by atoms with van der Waals surface area (Å²) >= 11 is 0. The van der Waals surface area contributed by atoms with Crippen LogP contribution in [0, 0.1) is 6.92 Å². The predicted octanol–water partition coefficient (Wildman–Crippen LogP) is 2.81. The fourth-order valence-corrected chi connectivity index (χ4v) is 1.86. The van der Waals surface area contributed by atoms with E-state index in [2.05, 4.69) is 11.9 Å². The molecule has 0 radical (unpaired) electrons. The minimum absolute atomic E-state index is 0.0899. The maximum atomic E-state index is 5.52. The van der Waals surface area contributed by atoms with Crippen molar-refractivity contribution in [3.63, 3.8) is 0 Å². The van der Waals surface area contributed by atoms with Crippen LogP contribution in [0.15, 0.2) is 16.7 Å². The quantitative estimate of drug-likeness (QED) is 0.636. The van der Waals surface area contributed by atoms with E-state index in [-0.39, 0.29) is 6.29 Å². The van der Waals surface area contributed by atoms with Crippen molar-refractivity contribution in [1.82, 2.24) is 4.90 Å². The van der Waals surface area contributed by atoms with Crippen molar-refractivity contribution in [3.05, 3.63) is 23.7 Å². The Morgan fingerprint density at radius 2 is 1.94 bits per heavy atom. The van der Waals surface area contributed by atoms with Crippen molar-refractivity contribution >= 4 is 0 Å². The molecule has 0 aliphatic rings. The van der Waals surface area contributed by atoms with Gasteiger partial charge in [-0.05, 0) is 33.9 Å². The second-order valence-corrected chi connectivity index (χ2v) is 4.37. The number of hydrogen-bond acceptors (Lipinski definition) is 4. The van der Waals surface area contributed by atoms with Gasteiger partial charge in [-0.1, -0.05) is 0 Å². The molecule has 0 saturated carbocycles. The summed E-state index contributed by atoms with van der Waals surface area (Å²) in [5.74, 6) is 0.994. The van der Waals surface area contributed by atoms with Gasteiger partial charge < -0.3 is 18.8 Å². The van der Waals surface area contributed by atoms with Gasteiger partial charge in [-0.25, -0.2) is 0 Å². The Bertz CT molecular complexity index is 319. The van der Waals surface area contributed by atoms with Crippen LogP contribution < -0.4 is 0 Å². The monoisotopic (exact) mass is 255 g/mol. The van der Waals surface area contributed by atoms with E-state index in [1.165, 1.54) is 5.56 Å². The van der Waals surface area contributed by atoms with E-state index in [1.54, 1.807) is 6.26 Å². The molecule has 0 atom stereocenters. The van der Waals surface area contributed by atoms with Gasteiger partial charge in [0, 0.05) is 38.3 Å². The Morgan fingerprint density at radius 1 is 1.28 bits per heavy atom. The highest BCUT2D eigenvalue weighted by Crippen LogP contribution is 2.12. The molecule has 0 amide bonds. The summed E-state index contributed by atoms with van der Waals surface area (Å²) in [6.07, 6.45) is 2.53. The lowest BCUT2D eigenvalue weighted by molar-refractivity contribution is -0.141. The first kappa shape index (κ1) is 15.2. The molecule has 0 aromatic carbocycles. The number of ether oxygens (including phenoxy) is 2. The van der Waals surface area contributed by atoms with Gasteiger partial charge in [-0.2, -0.15) is 0 Å². The van der Waals surface area contributed by atoms with Crippen LogP contribution >= 0.6 is 0 Å². The average Bonchev–Trinajstić information content (AvgIpc) is 2.73. The zero-order chi connectivity index (χ0) is 13.4. The van der Waals surface area contributed by atoms with Gasteiger partial charge in [0.25, 0.3) is 0 Å². The Morgan fingerprint density at radius 3 is 2.44 bits per heavy atom. The molecule has 0 unspecified atom stereocenters. The fourth-order valence-electron chi connectivity index (χ4n) is 1.86. The third kappa shape index (κ3) is 5.21. The molecule has 0 fully saturated rings. The van der Waals surface area contributed by atoms with Gasteiger partial charge in [0.1, 0.15) is 5.76 Å². The molecular formula is C14H25NO3.